The molecule has 8 heteroatoms. The van der Waals surface area contributed by atoms with E-state index >= 15 is 0 Å². The van der Waals surface area contributed by atoms with E-state index in [0.717, 1.165) is 0 Å². The molecular formula is C15H21N3O5. The summed E-state index contributed by atoms with van der Waals surface area (Å²) in [6, 6.07) is 4.95. The quantitative estimate of drug-likeness (QED) is 0.424. The zero-order valence-electron chi connectivity index (χ0n) is 13.2. The Labute approximate surface area is 134 Å². The highest BCUT2D eigenvalue weighted by atomic mass is 16.5. The molecule has 126 valence electrons. The fraction of sp³-hybridized carbons (Fsp3) is 0.400. The van der Waals surface area contributed by atoms with Gasteiger partial charge in [-0.3, -0.25) is 14.4 Å². The molecule has 0 aliphatic rings. The normalized spacial score (nSPS) is 9.65. The van der Waals surface area contributed by atoms with Crippen molar-refractivity contribution in [3.05, 3.63) is 18.2 Å². The van der Waals surface area contributed by atoms with Crippen LogP contribution in [-0.2, 0) is 14.4 Å². The summed E-state index contributed by atoms with van der Waals surface area (Å²) >= 11 is 0. The van der Waals surface area contributed by atoms with Gasteiger partial charge in [0.05, 0.1) is 13.1 Å². The molecule has 0 aromatic heterocycles. The number of anilines is 1. The van der Waals surface area contributed by atoms with Crippen molar-refractivity contribution in [2.75, 3.05) is 31.6 Å². The number of benzene rings is 1. The fourth-order valence-corrected chi connectivity index (χ4v) is 1.67. The number of nitrogens with one attached hydrogen (secondary N) is 3. The van der Waals surface area contributed by atoms with Gasteiger partial charge in [-0.15, -0.1) is 0 Å². The minimum atomic E-state index is -0.142. The van der Waals surface area contributed by atoms with Gasteiger partial charge in [0, 0.05) is 25.6 Å². The van der Waals surface area contributed by atoms with E-state index in [1.807, 2.05) is 0 Å². The number of hydrogen-bond donors (Lipinski definition) is 3. The molecule has 0 heterocycles. The second-order valence-corrected chi connectivity index (χ2v) is 4.59. The van der Waals surface area contributed by atoms with Gasteiger partial charge < -0.3 is 25.4 Å². The molecule has 0 atom stereocenters. The molecule has 0 unspecified atom stereocenters. The molecule has 23 heavy (non-hydrogen) atoms. The van der Waals surface area contributed by atoms with E-state index in [2.05, 4.69) is 16.0 Å². The first-order valence-corrected chi connectivity index (χ1v) is 7.11. The molecule has 0 saturated carbocycles. The molecule has 0 bridgehead atoms. The van der Waals surface area contributed by atoms with Gasteiger partial charge in [0.2, 0.25) is 18.2 Å². The van der Waals surface area contributed by atoms with Crippen molar-refractivity contribution in [3.63, 3.8) is 0 Å². The number of carbonyl (C=O) groups is 3. The number of rotatable bonds is 10. The third kappa shape index (κ3) is 7.70. The topological polar surface area (TPSA) is 106 Å². The van der Waals surface area contributed by atoms with Crippen molar-refractivity contribution in [2.45, 2.75) is 13.8 Å². The van der Waals surface area contributed by atoms with Crippen molar-refractivity contribution in [2.24, 2.45) is 0 Å². The summed E-state index contributed by atoms with van der Waals surface area (Å²) in [6.45, 7) is 4.11. The zero-order valence-corrected chi connectivity index (χ0v) is 13.2. The van der Waals surface area contributed by atoms with E-state index < -0.39 is 0 Å². The van der Waals surface area contributed by atoms with Crippen LogP contribution < -0.4 is 25.4 Å². The van der Waals surface area contributed by atoms with Gasteiger partial charge >= 0.3 is 0 Å². The van der Waals surface area contributed by atoms with E-state index in [0.29, 0.717) is 36.7 Å². The van der Waals surface area contributed by atoms with E-state index in [1.165, 1.54) is 13.8 Å². The maximum absolute atomic E-state index is 10.8. The Hall–Kier alpha value is -2.77. The molecule has 0 aliphatic heterocycles. The third-order valence-corrected chi connectivity index (χ3v) is 2.64. The van der Waals surface area contributed by atoms with Gasteiger partial charge in [-0.1, -0.05) is 0 Å². The summed E-state index contributed by atoms with van der Waals surface area (Å²) in [6.07, 6.45) is 0.563. The molecule has 0 fully saturated rings. The molecule has 3 amide bonds. The van der Waals surface area contributed by atoms with Crippen LogP contribution in [0.5, 0.6) is 11.5 Å². The van der Waals surface area contributed by atoms with Gasteiger partial charge in [0.15, 0.2) is 11.5 Å². The van der Waals surface area contributed by atoms with Gasteiger partial charge in [0.25, 0.3) is 0 Å². The van der Waals surface area contributed by atoms with Crippen molar-refractivity contribution >= 4 is 23.9 Å². The standard InChI is InChI=1S/C15H21N3O5/c1-11(20)16-5-7-22-14-4-3-13(18-10-19)9-15(14)23-8-6-17-12(2)21/h3-4,9-10H,5-8H2,1-2H3,(H,16,20)(H,17,21)(H,18,19). The summed E-state index contributed by atoms with van der Waals surface area (Å²) < 4.78 is 11.1. The lowest BCUT2D eigenvalue weighted by Gasteiger charge is -2.14. The maximum atomic E-state index is 10.8. The lowest BCUT2D eigenvalue weighted by atomic mass is 10.2. The van der Waals surface area contributed by atoms with Crippen LogP contribution in [-0.4, -0.2) is 44.5 Å². The highest BCUT2D eigenvalue weighted by molar-refractivity contribution is 5.73. The van der Waals surface area contributed by atoms with Crippen molar-refractivity contribution in [1.29, 1.82) is 0 Å². The molecule has 0 radical (unpaired) electrons. The van der Waals surface area contributed by atoms with Crippen LogP contribution in [0.2, 0.25) is 0 Å². The lowest BCUT2D eigenvalue weighted by Crippen LogP contribution is -2.26. The molecule has 8 nitrogen and oxygen atoms in total. The van der Waals surface area contributed by atoms with E-state index in [1.54, 1.807) is 18.2 Å². The van der Waals surface area contributed by atoms with Gasteiger partial charge in [-0.2, -0.15) is 0 Å². The third-order valence-electron chi connectivity index (χ3n) is 2.64. The fourth-order valence-electron chi connectivity index (χ4n) is 1.67. The first-order chi connectivity index (χ1) is 11.0. The highest BCUT2D eigenvalue weighted by Gasteiger charge is 2.07. The molecule has 1 aromatic carbocycles. The van der Waals surface area contributed by atoms with E-state index in [-0.39, 0.29) is 25.0 Å². The van der Waals surface area contributed by atoms with Crippen LogP contribution in [0.25, 0.3) is 0 Å². The average molecular weight is 323 g/mol. The average Bonchev–Trinajstić information content (AvgIpc) is 2.49. The lowest BCUT2D eigenvalue weighted by molar-refractivity contribution is -0.119. The van der Waals surface area contributed by atoms with Gasteiger partial charge in [-0.25, -0.2) is 0 Å². The SMILES string of the molecule is CC(=O)NCCOc1ccc(NC=O)cc1OCCNC(C)=O. The number of ether oxygens (including phenoxy) is 2. The Bertz CT molecular complexity index is 548. The molecule has 3 N–H and O–H groups in total. The Morgan fingerprint density at radius 2 is 1.57 bits per heavy atom. The first-order valence-electron chi connectivity index (χ1n) is 7.11. The number of hydrogen-bond acceptors (Lipinski definition) is 5. The molecule has 0 spiro atoms. The summed E-state index contributed by atoms with van der Waals surface area (Å²) in [4.78, 5) is 32.1. The second-order valence-electron chi connectivity index (χ2n) is 4.59. The number of amides is 3. The van der Waals surface area contributed by atoms with E-state index in [4.69, 9.17) is 9.47 Å². The Morgan fingerprint density at radius 1 is 1.00 bits per heavy atom. The smallest absolute Gasteiger partial charge is 0.216 e. The Balaban J connectivity index is 2.63. The summed E-state index contributed by atoms with van der Waals surface area (Å²) in [7, 11) is 0. The van der Waals surface area contributed by atoms with Crippen molar-refractivity contribution in [1.82, 2.24) is 10.6 Å². The van der Waals surface area contributed by atoms with Crippen LogP contribution >= 0.6 is 0 Å². The van der Waals surface area contributed by atoms with E-state index in [9.17, 15) is 14.4 Å². The van der Waals surface area contributed by atoms with Crippen LogP contribution in [0.3, 0.4) is 0 Å². The maximum Gasteiger partial charge on any atom is 0.216 e. The molecule has 1 rings (SSSR count). The highest BCUT2D eigenvalue weighted by Crippen LogP contribution is 2.30. The predicted octanol–water partition coefficient (Wildman–Crippen LogP) is 0.285. The summed E-state index contributed by atoms with van der Waals surface area (Å²) in [5.41, 5.74) is 0.559. The zero-order chi connectivity index (χ0) is 17.1. The van der Waals surface area contributed by atoms with Gasteiger partial charge in [-0.05, 0) is 12.1 Å². The second kappa shape index (κ2) is 10.0. The molecular weight excluding hydrogens is 302 g/mol. The molecule has 0 aliphatic carbocycles. The minimum Gasteiger partial charge on any atom is -0.488 e. The first kappa shape index (κ1) is 18.3. The van der Waals surface area contributed by atoms with Crippen LogP contribution in [0.1, 0.15) is 13.8 Å². The van der Waals surface area contributed by atoms with Crippen molar-refractivity contribution in [3.8, 4) is 11.5 Å². The summed E-state index contributed by atoms with van der Waals surface area (Å²) in [5, 5.41) is 7.76. The van der Waals surface area contributed by atoms with Crippen molar-refractivity contribution < 1.29 is 23.9 Å². The molecule has 0 saturated heterocycles. The van der Waals surface area contributed by atoms with Crippen LogP contribution in [0.4, 0.5) is 5.69 Å². The minimum absolute atomic E-state index is 0.133. The van der Waals surface area contributed by atoms with Gasteiger partial charge in [0.1, 0.15) is 13.2 Å². The number of carbonyl (C=O) groups excluding carboxylic acids is 3. The largest absolute Gasteiger partial charge is 0.488 e. The van der Waals surface area contributed by atoms with Crippen LogP contribution in [0, 0.1) is 0 Å². The predicted molar refractivity (Wildman–Crippen MR) is 84.5 cm³/mol. The Morgan fingerprint density at radius 3 is 2.09 bits per heavy atom. The van der Waals surface area contributed by atoms with Crippen LogP contribution in [0.15, 0.2) is 18.2 Å². The Kier molecular flexibility index (Phi) is 7.98. The summed E-state index contributed by atoms with van der Waals surface area (Å²) in [5.74, 6) is 0.641. The molecule has 1 aromatic rings. The monoisotopic (exact) mass is 323 g/mol.